The van der Waals surface area contributed by atoms with Crippen LogP contribution in [0.4, 0.5) is 0 Å². The van der Waals surface area contributed by atoms with Crippen LogP contribution in [-0.2, 0) is 4.79 Å². The molecule has 1 rings (SSSR count). The largest absolute Gasteiger partial charge is 0.508 e. The van der Waals surface area contributed by atoms with E-state index >= 15 is 0 Å². The van der Waals surface area contributed by atoms with E-state index in [2.05, 4.69) is 19.9 Å². The summed E-state index contributed by atoms with van der Waals surface area (Å²) in [6.07, 6.45) is 4.55. The highest BCUT2D eigenvalue weighted by Gasteiger charge is 2.08. The van der Waals surface area contributed by atoms with E-state index in [1.165, 1.54) is 5.57 Å². The maximum absolute atomic E-state index is 10.6. The number of allylic oxidation sites excluding steroid dienone is 2. The van der Waals surface area contributed by atoms with Crippen LogP contribution in [0.5, 0.6) is 5.75 Å². The molecule has 0 aliphatic carbocycles. The first-order chi connectivity index (χ1) is 7.67. The summed E-state index contributed by atoms with van der Waals surface area (Å²) in [6, 6.07) is 7.04. The molecule has 0 bridgehead atoms. The van der Waals surface area contributed by atoms with Crippen molar-refractivity contribution in [1.82, 2.24) is 0 Å². The molecule has 1 atom stereocenters. The molecule has 2 nitrogen and oxygen atoms in total. The van der Waals surface area contributed by atoms with Gasteiger partial charge in [0.2, 0.25) is 0 Å². The van der Waals surface area contributed by atoms with Crippen molar-refractivity contribution in [2.45, 2.75) is 32.6 Å². The number of rotatable bonds is 5. The number of hydrogen-bond donors (Lipinski definition) is 1. The van der Waals surface area contributed by atoms with Crippen LogP contribution in [-0.4, -0.2) is 11.4 Å². The van der Waals surface area contributed by atoms with Crippen molar-refractivity contribution in [3.63, 3.8) is 0 Å². The first kappa shape index (κ1) is 12.5. The van der Waals surface area contributed by atoms with Crippen LogP contribution >= 0.6 is 0 Å². The van der Waals surface area contributed by atoms with Gasteiger partial charge in [-0.2, -0.15) is 0 Å². The van der Waals surface area contributed by atoms with E-state index in [4.69, 9.17) is 0 Å². The lowest BCUT2D eigenvalue weighted by atomic mass is 9.93. The average Bonchev–Trinajstić information content (AvgIpc) is 2.29. The fraction of sp³-hybridized carbons (Fsp3) is 0.357. The van der Waals surface area contributed by atoms with Gasteiger partial charge in [-0.25, -0.2) is 0 Å². The standard InChI is InChI=1S/C14H18O2/c1-3-11(2)10-13(8-9-15)12-4-6-14(16)7-5-12/h4-7,9-10,13,16H,3,8H2,1-2H3/b11-10+/t13-/m1/s1. The van der Waals surface area contributed by atoms with Crippen molar-refractivity contribution in [2.24, 2.45) is 0 Å². The molecule has 0 aliphatic heterocycles. The molecule has 0 radical (unpaired) electrons. The summed E-state index contributed by atoms with van der Waals surface area (Å²) in [4.78, 5) is 10.6. The minimum Gasteiger partial charge on any atom is -0.508 e. The molecular formula is C14H18O2. The Morgan fingerprint density at radius 1 is 1.38 bits per heavy atom. The zero-order chi connectivity index (χ0) is 12.0. The number of carbonyl (C=O) groups is 1. The number of phenols is 1. The third-order valence-corrected chi connectivity index (χ3v) is 2.71. The van der Waals surface area contributed by atoms with Gasteiger partial charge in [-0.3, -0.25) is 0 Å². The Bertz CT molecular complexity index is 363. The second-order valence-electron chi connectivity index (χ2n) is 3.97. The zero-order valence-electron chi connectivity index (χ0n) is 9.81. The van der Waals surface area contributed by atoms with Gasteiger partial charge in [-0.15, -0.1) is 0 Å². The molecule has 2 heteroatoms. The Balaban J connectivity index is 2.93. The fourth-order valence-electron chi connectivity index (χ4n) is 1.59. The number of aromatic hydroxyl groups is 1. The average molecular weight is 218 g/mol. The maximum Gasteiger partial charge on any atom is 0.120 e. The molecule has 0 fully saturated rings. The Morgan fingerprint density at radius 2 is 2.00 bits per heavy atom. The molecule has 0 saturated heterocycles. The van der Waals surface area contributed by atoms with E-state index in [9.17, 15) is 9.90 Å². The van der Waals surface area contributed by atoms with Gasteiger partial charge >= 0.3 is 0 Å². The summed E-state index contributed by atoms with van der Waals surface area (Å²) in [5, 5.41) is 9.21. The normalized spacial score (nSPS) is 13.5. The van der Waals surface area contributed by atoms with Crippen LogP contribution in [0.25, 0.3) is 0 Å². The van der Waals surface area contributed by atoms with Crippen LogP contribution in [0.3, 0.4) is 0 Å². The van der Waals surface area contributed by atoms with Crippen molar-refractivity contribution < 1.29 is 9.90 Å². The first-order valence-electron chi connectivity index (χ1n) is 5.57. The van der Waals surface area contributed by atoms with Gasteiger partial charge in [0.15, 0.2) is 0 Å². The molecule has 0 amide bonds. The Morgan fingerprint density at radius 3 is 2.50 bits per heavy atom. The quantitative estimate of drug-likeness (QED) is 0.607. The molecule has 0 saturated carbocycles. The van der Waals surface area contributed by atoms with Crippen LogP contribution in [0.15, 0.2) is 35.9 Å². The molecule has 0 aromatic heterocycles. The number of hydrogen-bond acceptors (Lipinski definition) is 2. The van der Waals surface area contributed by atoms with E-state index in [0.717, 1.165) is 18.3 Å². The van der Waals surface area contributed by atoms with Crippen LogP contribution in [0, 0.1) is 0 Å². The number of benzene rings is 1. The van der Waals surface area contributed by atoms with E-state index in [1.54, 1.807) is 12.1 Å². The summed E-state index contributed by atoms with van der Waals surface area (Å²) in [5.41, 5.74) is 2.35. The monoisotopic (exact) mass is 218 g/mol. The second-order valence-corrected chi connectivity index (χ2v) is 3.97. The summed E-state index contributed by atoms with van der Waals surface area (Å²) in [6.45, 7) is 4.17. The van der Waals surface area contributed by atoms with Gasteiger partial charge in [-0.1, -0.05) is 30.7 Å². The molecule has 1 N–H and O–H groups in total. The van der Waals surface area contributed by atoms with Gasteiger partial charge in [0.25, 0.3) is 0 Å². The van der Waals surface area contributed by atoms with Crippen molar-refractivity contribution in [2.75, 3.05) is 0 Å². The predicted octanol–water partition coefficient (Wildman–Crippen LogP) is 3.42. The van der Waals surface area contributed by atoms with Gasteiger partial charge in [0.1, 0.15) is 12.0 Å². The third-order valence-electron chi connectivity index (χ3n) is 2.71. The Kier molecular flexibility index (Phi) is 4.77. The molecule has 0 heterocycles. The topological polar surface area (TPSA) is 37.3 Å². The highest BCUT2D eigenvalue weighted by Crippen LogP contribution is 2.24. The van der Waals surface area contributed by atoms with E-state index in [0.29, 0.717) is 6.42 Å². The minimum absolute atomic E-state index is 0.123. The molecule has 0 unspecified atom stereocenters. The molecule has 0 aliphatic rings. The maximum atomic E-state index is 10.6. The molecule has 86 valence electrons. The molecule has 1 aromatic carbocycles. The molecule has 16 heavy (non-hydrogen) atoms. The van der Waals surface area contributed by atoms with Gasteiger partial charge in [-0.05, 0) is 31.0 Å². The van der Waals surface area contributed by atoms with Crippen molar-refractivity contribution in [3.8, 4) is 5.75 Å². The van der Waals surface area contributed by atoms with Gasteiger partial charge < -0.3 is 9.90 Å². The molecular weight excluding hydrogens is 200 g/mol. The second kappa shape index (κ2) is 6.11. The summed E-state index contributed by atoms with van der Waals surface area (Å²) >= 11 is 0. The fourth-order valence-corrected chi connectivity index (χ4v) is 1.59. The summed E-state index contributed by atoms with van der Waals surface area (Å²) in [5.74, 6) is 0.378. The van der Waals surface area contributed by atoms with Crippen LogP contribution < -0.4 is 0 Å². The van der Waals surface area contributed by atoms with Crippen LogP contribution in [0.2, 0.25) is 0 Å². The highest BCUT2D eigenvalue weighted by atomic mass is 16.3. The lowest BCUT2D eigenvalue weighted by Crippen LogP contribution is -1.97. The predicted molar refractivity (Wildman–Crippen MR) is 65.6 cm³/mol. The lowest BCUT2D eigenvalue weighted by molar-refractivity contribution is -0.108. The first-order valence-corrected chi connectivity index (χ1v) is 5.57. The number of phenolic OH excluding ortho intramolecular Hbond substituents is 1. The highest BCUT2D eigenvalue weighted by molar-refractivity contribution is 5.53. The lowest BCUT2D eigenvalue weighted by Gasteiger charge is -2.11. The van der Waals surface area contributed by atoms with Crippen molar-refractivity contribution in [3.05, 3.63) is 41.5 Å². The van der Waals surface area contributed by atoms with E-state index in [-0.39, 0.29) is 11.7 Å². The van der Waals surface area contributed by atoms with Gasteiger partial charge in [0.05, 0.1) is 0 Å². The van der Waals surface area contributed by atoms with E-state index in [1.807, 2.05) is 12.1 Å². The van der Waals surface area contributed by atoms with Crippen LogP contribution in [0.1, 0.15) is 38.2 Å². The van der Waals surface area contributed by atoms with Crippen molar-refractivity contribution >= 4 is 6.29 Å². The van der Waals surface area contributed by atoms with Crippen molar-refractivity contribution in [1.29, 1.82) is 0 Å². The smallest absolute Gasteiger partial charge is 0.120 e. The molecule has 0 spiro atoms. The molecule has 1 aromatic rings. The minimum atomic E-state index is 0.123. The van der Waals surface area contributed by atoms with E-state index < -0.39 is 0 Å². The number of carbonyl (C=O) groups excluding carboxylic acids is 1. The van der Waals surface area contributed by atoms with Gasteiger partial charge in [0, 0.05) is 12.3 Å². The number of aldehydes is 1. The zero-order valence-corrected chi connectivity index (χ0v) is 9.81. The Labute approximate surface area is 96.6 Å². The Hall–Kier alpha value is -1.57. The SMILES string of the molecule is CC/C(C)=C/[C@@H](CC=O)c1ccc(O)cc1. The summed E-state index contributed by atoms with van der Waals surface area (Å²) in [7, 11) is 0. The third kappa shape index (κ3) is 3.54. The summed E-state index contributed by atoms with van der Waals surface area (Å²) < 4.78 is 0.